The van der Waals surface area contributed by atoms with Crippen molar-refractivity contribution in [1.29, 1.82) is 0 Å². The molecule has 0 aliphatic rings. The lowest BCUT2D eigenvalue weighted by Crippen LogP contribution is -2.15. The minimum Gasteiger partial charge on any atom is -0.288 e. The highest BCUT2D eigenvalue weighted by Gasteiger charge is 1.97. The number of aromatic amines is 1. The summed E-state index contributed by atoms with van der Waals surface area (Å²) in [5.74, 6) is 0.184. The number of aryl methyl sites for hydroxylation is 1. The van der Waals surface area contributed by atoms with Crippen LogP contribution >= 0.6 is 11.6 Å². The molecule has 0 fully saturated rings. The van der Waals surface area contributed by atoms with Gasteiger partial charge in [0.15, 0.2) is 0 Å². The molecule has 6 nitrogen and oxygen atoms in total. The lowest BCUT2D eigenvalue weighted by atomic mass is 10.2. The van der Waals surface area contributed by atoms with Crippen LogP contribution in [0.25, 0.3) is 0 Å². The number of hydrazone groups is 1. The van der Waals surface area contributed by atoms with E-state index in [4.69, 9.17) is 11.6 Å². The number of hydrogen-bond acceptors (Lipinski definition) is 5. The average Bonchev–Trinajstić information content (AvgIpc) is 2.34. The molecule has 0 unspecified atom stereocenters. The molecule has 18 heavy (non-hydrogen) atoms. The molecule has 2 aromatic rings. The summed E-state index contributed by atoms with van der Waals surface area (Å²) >= 11 is 5.83. The normalized spacial score (nSPS) is 10.8. The standard InChI is InChI=1S/C11H10ClN5O/c1-7-10(18)14-11(17-15-7)16-13-6-8-3-2-4-9(12)5-8/h2-6H,1H3,(H2,14,16,17,18). The Morgan fingerprint density at radius 3 is 3.00 bits per heavy atom. The van der Waals surface area contributed by atoms with E-state index >= 15 is 0 Å². The van der Waals surface area contributed by atoms with Gasteiger partial charge in [-0.3, -0.25) is 9.78 Å². The van der Waals surface area contributed by atoms with Gasteiger partial charge >= 0.3 is 0 Å². The third-order valence-electron chi connectivity index (χ3n) is 2.09. The van der Waals surface area contributed by atoms with Crippen LogP contribution in [0, 0.1) is 6.92 Å². The van der Waals surface area contributed by atoms with Gasteiger partial charge in [-0.1, -0.05) is 23.7 Å². The minimum atomic E-state index is -0.301. The van der Waals surface area contributed by atoms with Crippen molar-refractivity contribution in [3.8, 4) is 0 Å². The van der Waals surface area contributed by atoms with Gasteiger partial charge in [0.25, 0.3) is 5.56 Å². The fraction of sp³-hybridized carbons (Fsp3) is 0.0909. The zero-order valence-electron chi connectivity index (χ0n) is 9.51. The zero-order valence-corrected chi connectivity index (χ0v) is 10.3. The Hall–Kier alpha value is -2.21. The average molecular weight is 264 g/mol. The maximum Gasteiger partial charge on any atom is 0.274 e. The van der Waals surface area contributed by atoms with Crippen LogP contribution < -0.4 is 11.0 Å². The van der Waals surface area contributed by atoms with Gasteiger partial charge in [-0.15, -0.1) is 10.2 Å². The van der Waals surface area contributed by atoms with E-state index in [-0.39, 0.29) is 11.5 Å². The van der Waals surface area contributed by atoms with E-state index < -0.39 is 0 Å². The molecule has 92 valence electrons. The highest BCUT2D eigenvalue weighted by atomic mass is 35.5. The van der Waals surface area contributed by atoms with Crippen molar-refractivity contribution in [2.24, 2.45) is 5.10 Å². The fourth-order valence-electron chi connectivity index (χ4n) is 1.20. The topological polar surface area (TPSA) is 83.0 Å². The number of nitrogens with zero attached hydrogens (tertiary/aromatic N) is 3. The Morgan fingerprint density at radius 1 is 1.44 bits per heavy atom. The summed E-state index contributed by atoms with van der Waals surface area (Å²) in [5.41, 5.74) is 3.41. The molecule has 0 amide bonds. The molecule has 1 aromatic heterocycles. The van der Waals surface area contributed by atoms with Crippen molar-refractivity contribution in [2.45, 2.75) is 6.92 Å². The van der Waals surface area contributed by atoms with Crippen molar-refractivity contribution in [3.63, 3.8) is 0 Å². The number of hydrogen-bond donors (Lipinski definition) is 2. The molecule has 0 bridgehead atoms. The van der Waals surface area contributed by atoms with Crippen molar-refractivity contribution in [1.82, 2.24) is 15.2 Å². The van der Waals surface area contributed by atoms with Gasteiger partial charge in [-0.05, 0) is 24.6 Å². The molecule has 0 atom stereocenters. The van der Waals surface area contributed by atoms with Gasteiger partial charge in [-0.25, -0.2) is 5.43 Å². The third kappa shape index (κ3) is 3.14. The molecule has 7 heteroatoms. The van der Waals surface area contributed by atoms with E-state index in [1.807, 2.05) is 12.1 Å². The van der Waals surface area contributed by atoms with Gasteiger partial charge in [0, 0.05) is 5.02 Å². The second-order valence-electron chi connectivity index (χ2n) is 3.51. The second-order valence-corrected chi connectivity index (χ2v) is 3.95. The van der Waals surface area contributed by atoms with Crippen LogP contribution in [0.2, 0.25) is 5.02 Å². The summed E-state index contributed by atoms with van der Waals surface area (Å²) in [4.78, 5) is 13.7. The highest BCUT2D eigenvalue weighted by molar-refractivity contribution is 6.30. The fourth-order valence-corrected chi connectivity index (χ4v) is 1.40. The summed E-state index contributed by atoms with van der Waals surface area (Å²) in [7, 11) is 0. The van der Waals surface area contributed by atoms with E-state index in [2.05, 4.69) is 25.7 Å². The largest absolute Gasteiger partial charge is 0.288 e. The predicted octanol–water partition coefficient (Wildman–Crippen LogP) is 1.57. The maximum absolute atomic E-state index is 11.3. The van der Waals surface area contributed by atoms with Crippen LogP contribution in [-0.2, 0) is 0 Å². The molecular weight excluding hydrogens is 254 g/mol. The van der Waals surface area contributed by atoms with Crippen molar-refractivity contribution >= 4 is 23.8 Å². The summed E-state index contributed by atoms with van der Waals surface area (Å²) in [6, 6.07) is 7.20. The van der Waals surface area contributed by atoms with E-state index in [9.17, 15) is 4.79 Å². The van der Waals surface area contributed by atoms with Crippen molar-refractivity contribution < 1.29 is 0 Å². The first kappa shape index (κ1) is 12.3. The Kier molecular flexibility index (Phi) is 3.69. The van der Waals surface area contributed by atoms with Crippen LogP contribution in [0.15, 0.2) is 34.2 Å². The van der Waals surface area contributed by atoms with Gasteiger partial charge in [0.05, 0.1) is 6.21 Å². The Morgan fingerprint density at radius 2 is 2.28 bits per heavy atom. The summed E-state index contributed by atoms with van der Waals surface area (Å²) in [5, 5.41) is 11.9. The van der Waals surface area contributed by atoms with Gasteiger partial charge in [0.2, 0.25) is 5.95 Å². The number of halogens is 1. The quantitative estimate of drug-likeness (QED) is 0.650. The first-order chi connectivity index (χ1) is 8.65. The Balaban J connectivity index is 2.07. The number of benzene rings is 1. The monoisotopic (exact) mass is 263 g/mol. The Bertz CT molecular complexity index is 637. The molecule has 1 heterocycles. The van der Waals surface area contributed by atoms with E-state index in [1.54, 1.807) is 25.3 Å². The number of aromatic nitrogens is 3. The smallest absolute Gasteiger partial charge is 0.274 e. The molecule has 0 saturated carbocycles. The highest BCUT2D eigenvalue weighted by Crippen LogP contribution is 2.08. The summed E-state index contributed by atoms with van der Waals surface area (Å²) in [6.45, 7) is 1.57. The first-order valence-corrected chi connectivity index (χ1v) is 5.51. The third-order valence-corrected chi connectivity index (χ3v) is 2.33. The molecule has 2 rings (SSSR count). The molecule has 0 saturated heterocycles. The van der Waals surface area contributed by atoms with Crippen LogP contribution in [0.1, 0.15) is 11.3 Å². The second kappa shape index (κ2) is 5.42. The number of anilines is 1. The molecule has 2 N–H and O–H groups in total. The molecule has 0 spiro atoms. The number of H-pyrrole nitrogens is 1. The lowest BCUT2D eigenvalue weighted by Gasteiger charge is -1.98. The maximum atomic E-state index is 11.3. The van der Waals surface area contributed by atoms with Crippen LogP contribution in [0.3, 0.4) is 0 Å². The van der Waals surface area contributed by atoms with Gasteiger partial charge in [-0.2, -0.15) is 5.10 Å². The zero-order chi connectivity index (χ0) is 13.0. The van der Waals surface area contributed by atoms with Crippen LogP contribution in [0.4, 0.5) is 5.95 Å². The SMILES string of the molecule is Cc1nnc(NN=Cc2cccc(Cl)c2)[nH]c1=O. The molecule has 1 aromatic carbocycles. The Labute approximate surface area is 108 Å². The lowest BCUT2D eigenvalue weighted by molar-refractivity contribution is 0.897. The summed E-state index contributed by atoms with van der Waals surface area (Å²) < 4.78 is 0. The number of rotatable bonds is 3. The van der Waals surface area contributed by atoms with Gasteiger partial charge in [0.1, 0.15) is 5.69 Å². The molecule has 0 aliphatic heterocycles. The van der Waals surface area contributed by atoms with Crippen LogP contribution in [0.5, 0.6) is 0 Å². The molecular formula is C11H10ClN5O. The van der Waals surface area contributed by atoms with E-state index in [0.717, 1.165) is 5.56 Å². The summed E-state index contributed by atoms with van der Waals surface area (Å²) in [6.07, 6.45) is 1.56. The van der Waals surface area contributed by atoms with E-state index in [0.29, 0.717) is 10.7 Å². The molecule has 0 aliphatic carbocycles. The molecule has 0 radical (unpaired) electrons. The minimum absolute atomic E-state index is 0.184. The first-order valence-electron chi connectivity index (χ1n) is 5.13. The van der Waals surface area contributed by atoms with Crippen molar-refractivity contribution in [3.05, 3.63) is 50.9 Å². The van der Waals surface area contributed by atoms with Crippen LogP contribution in [-0.4, -0.2) is 21.4 Å². The van der Waals surface area contributed by atoms with Gasteiger partial charge < -0.3 is 0 Å². The van der Waals surface area contributed by atoms with E-state index in [1.165, 1.54) is 0 Å². The predicted molar refractivity (Wildman–Crippen MR) is 70.1 cm³/mol. The van der Waals surface area contributed by atoms with Crippen molar-refractivity contribution in [2.75, 3.05) is 5.43 Å². The number of nitrogens with one attached hydrogen (secondary N) is 2.